The number of hydrogen-bond donors (Lipinski definition) is 3. The molecule has 0 amide bonds. The number of nitrogens with zero attached hydrogens (tertiary/aromatic N) is 1. The molecule has 0 radical (unpaired) electrons. The van der Waals surface area contributed by atoms with Crippen LogP contribution in [-0.4, -0.2) is 53.5 Å². The van der Waals surface area contributed by atoms with Crippen LogP contribution >= 0.6 is 0 Å². The van der Waals surface area contributed by atoms with Crippen molar-refractivity contribution in [2.75, 3.05) is 6.61 Å². The molecule has 4 atom stereocenters. The van der Waals surface area contributed by atoms with Crippen molar-refractivity contribution in [3.05, 3.63) is 63.4 Å². The molecule has 1 fully saturated rings. The Hall–Kier alpha value is -1.70. The van der Waals surface area contributed by atoms with Gasteiger partial charge in [-0.15, -0.1) is 0 Å². The standard InChI is InChI=1S/C15H16N2O5Se/c18-8-10-12(20)13(23-9-4-2-1-3-5-9)14(22-10)17-7-6-11(19)16-15(17)21/h1-7,10,12-14,18,20H,8H2,(H,16,19,21)/t10-,12+,13?,14-/m1/s1. The first kappa shape index (κ1) is 16.2. The first-order valence-electron chi connectivity index (χ1n) is 7.07. The zero-order valence-corrected chi connectivity index (χ0v) is 13.7. The molecule has 7 nitrogen and oxygen atoms in total. The van der Waals surface area contributed by atoms with E-state index in [4.69, 9.17) is 4.74 Å². The zero-order chi connectivity index (χ0) is 16.4. The number of aliphatic hydroxyl groups is 2. The van der Waals surface area contributed by atoms with E-state index in [1.165, 1.54) is 16.8 Å². The Morgan fingerprint density at radius 3 is 2.61 bits per heavy atom. The number of aromatic amines is 1. The van der Waals surface area contributed by atoms with Crippen molar-refractivity contribution in [2.45, 2.75) is 23.3 Å². The van der Waals surface area contributed by atoms with Crippen LogP contribution in [0.15, 0.2) is 52.2 Å². The number of ether oxygens (including phenoxy) is 1. The third-order valence-corrected chi connectivity index (χ3v) is 6.42. The third kappa shape index (κ3) is 3.31. The van der Waals surface area contributed by atoms with E-state index in [2.05, 4.69) is 4.98 Å². The van der Waals surface area contributed by atoms with Gasteiger partial charge in [0.25, 0.3) is 0 Å². The van der Waals surface area contributed by atoms with E-state index >= 15 is 0 Å². The van der Waals surface area contributed by atoms with Crippen LogP contribution in [0.25, 0.3) is 0 Å². The summed E-state index contributed by atoms with van der Waals surface area (Å²) < 4.78 is 7.98. The Morgan fingerprint density at radius 1 is 1.22 bits per heavy atom. The third-order valence-electron chi connectivity index (χ3n) is 3.63. The minimum absolute atomic E-state index is 0.176. The van der Waals surface area contributed by atoms with Gasteiger partial charge in [0, 0.05) is 0 Å². The molecular weight excluding hydrogens is 367 g/mol. The Kier molecular flexibility index (Phi) is 4.79. The molecule has 2 aromatic rings. The van der Waals surface area contributed by atoms with E-state index in [1.54, 1.807) is 0 Å². The molecular formula is C15H16N2O5Se. The van der Waals surface area contributed by atoms with Crippen LogP contribution < -0.4 is 15.7 Å². The molecule has 1 aromatic heterocycles. The predicted molar refractivity (Wildman–Crippen MR) is 83.9 cm³/mol. The molecule has 1 unspecified atom stereocenters. The molecule has 122 valence electrons. The number of hydrogen-bond acceptors (Lipinski definition) is 5. The summed E-state index contributed by atoms with van der Waals surface area (Å²) in [6.45, 7) is -0.336. The minimum atomic E-state index is -0.885. The molecule has 3 rings (SSSR count). The summed E-state index contributed by atoms with van der Waals surface area (Å²) in [7, 11) is 0. The van der Waals surface area contributed by atoms with Crippen LogP contribution in [0.2, 0.25) is 4.82 Å². The van der Waals surface area contributed by atoms with E-state index in [0.29, 0.717) is 0 Å². The van der Waals surface area contributed by atoms with Crippen LogP contribution in [-0.2, 0) is 4.74 Å². The number of aromatic nitrogens is 2. The molecule has 2 heterocycles. The van der Waals surface area contributed by atoms with Crippen LogP contribution in [0, 0.1) is 0 Å². The molecule has 8 heteroatoms. The molecule has 3 N–H and O–H groups in total. The fourth-order valence-corrected chi connectivity index (χ4v) is 5.14. The second kappa shape index (κ2) is 6.82. The van der Waals surface area contributed by atoms with Crippen molar-refractivity contribution >= 4 is 19.4 Å². The summed E-state index contributed by atoms with van der Waals surface area (Å²) in [6, 6.07) is 10.9. The fourth-order valence-electron chi connectivity index (χ4n) is 2.50. The summed E-state index contributed by atoms with van der Waals surface area (Å²) in [5.41, 5.74) is -1.09. The topological polar surface area (TPSA) is 105 Å². The number of benzene rings is 1. The second-order valence-corrected chi connectivity index (χ2v) is 7.78. The van der Waals surface area contributed by atoms with Crippen molar-refractivity contribution in [3.63, 3.8) is 0 Å². The fraction of sp³-hybridized carbons (Fsp3) is 0.333. The van der Waals surface area contributed by atoms with Crippen molar-refractivity contribution in [3.8, 4) is 0 Å². The molecule has 0 aliphatic carbocycles. The van der Waals surface area contributed by atoms with Crippen LogP contribution in [0.4, 0.5) is 0 Å². The molecule has 0 bridgehead atoms. The zero-order valence-electron chi connectivity index (χ0n) is 12.0. The van der Waals surface area contributed by atoms with Crippen LogP contribution in [0.3, 0.4) is 0 Å². The van der Waals surface area contributed by atoms with E-state index in [0.717, 1.165) is 4.46 Å². The van der Waals surface area contributed by atoms with E-state index < -0.39 is 29.7 Å². The van der Waals surface area contributed by atoms with E-state index in [-0.39, 0.29) is 26.4 Å². The van der Waals surface area contributed by atoms with Crippen molar-refractivity contribution in [2.24, 2.45) is 0 Å². The molecule has 1 saturated heterocycles. The second-order valence-electron chi connectivity index (χ2n) is 5.15. The summed E-state index contributed by atoms with van der Waals surface area (Å²) in [5, 5.41) is 19.8. The Bertz CT molecular complexity index is 775. The Morgan fingerprint density at radius 2 is 1.96 bits per heavy atom. The van der Waals surface area contributed by atoms with Gasteiger partial charge in [-0.05, 0) is 0 Å². The first-order chi connectivity index (χ1) is 11.1. The first-order valence-corrected chi connectivity index (χ1v) is 8.92. The van der Waals surface area contributed by atoms with Gasteiger partial charge >= 0.3 is 137 Å². The number of H-pyrrole nitrogens is 1. The molecule has 23 heavy (non-hydrogen) atoms. The number of aliphatic hydroxyl groups excluding tert-OH is 2. The van der Waals surface area contributed by atoms with E-state index in [9.17, 15) is 19.8 Å². The Labute approximate surface area is 137 Å². The van der Waals surface area contributed by atoms with Gasteiger partial charge in [0.15, 0.2) is 0 Å². The number of rotatable bonds is 4. The average molecular weight is 383 g/mol. The quantitative estimate of drug-likeness (QED) is 0.564. The van der Waals surface area contributed by atoms with Gasteiger partial charge in [-0.2, -0.15) is 0 Å². The van der Waals surface area contributed by atoms with Gasteiger partial charge in [0.1, 0.15) is 0 Å². The van der Waals surface area contributed by atoms with Gasteiger partial charge in [-0.3, -0.25) is 0 Å². The molecule has 0 saturated carbocycles. The van der Waals surface area contributed by atoms with Gasteiger partial charge in [-0.25, -0.2) is 0 Å². The van der Waals surface area contributed by atoms with Gasteiger partial charge < -0.3 is 0 Å². The molecule has 1 aliphatic rings. The van der Waals surface area contributed by atoms with Crippen molar-refractivity contribution in [1.82, 2.24) is 9.55 Å². The van der Waals surface area contributed by atoms with Gasteiger partial charge in [-0.1, -0.05) is 0 Å². The molecule has 0 spiro atoms. The van der Waals surface area contributed by atoms with Crippen LogP contribution in [0.1, 0.15) is 6.23 Å². The summed E-state index contributed by atoms with van der Waals surface area (Å²) >= 11 is -0.176. The maximum absolute atomic E-state index is 12.0. The molecule has 1 aliphatic heterocycles. The van der Waals surface area contributed by atoms with Gasteiger partial charge in [0.05, 0.1) is 0 Å². The summed E-state index contributed by atoms with van der Waals surface area (Å²) in [4.78, 5) is 25.1. The summed E-state index contributed by atoms with van der Waals surface area (Å²) in [5.74, 6) is 0. The maximum atomic E-state index is 12.0. The normalized spacial score (nSPS) is 27.2. The van der Waals surface area contributed by atoms with E-state index in [1.807, 2.05) is 30.3 Å². The molecule has 1 aromatic carbocycles. The SMILES string of the molecule is O=c1ccn([C@@H]2O[C@H](CO)[C@H](O)C2[Se]c2ccccc2)c(=O)[nH]1. The van der Waals surface area contributed by atoms with Gasteiger partial charge in [0.2, 0.25) is 0 Å². The van der Waals surface area contributed by atoms with Crippen molar-refractivity contribution < 1.29 is 14.9 Å². The number of nitrogens with one attached hydrogen (secondary N) is 1. The van der Waals surface area contributed by atoms with Crippen molar-refractivity contribution in [1.29, 1.82) is 0 Å². The average Bonchev–Trinajstić information content (AvgIpc) is 2.85. The monoisotopic (exact) mass is 384 g/mol. The van der Waals surface area contributed by atoms with Crippen LogP contribution in [0.5, 0.6) is 0 Å². The Balaban J connectivity index is 1.95. The summed E-state index contributed by atoms with van der Waals surface area (Å²) in [6.07, 6.45) is -1.02. The predicted octanol–water partition coefficient (Wildman–Crippen LogP) is -1.39.